The van der Waals surface area contributed by atoms with Crippen LogP contribution < -0.4 is 0 Å². The molecule has 0 aliphatic rings. The summed E-state index contributed by atoms with van der Waals surface area (Å²) in [6, 6.07) is 0. The summed E-state index contributed by atoms with van der Waals surface area (Å²) >= 11 is 0. The van der Waals surface area contributed by atoms with E-state index in [1.165, 1.54) is 0 Å². The fourth-order valence-corrected chi connectivity index (χ4v) is 0.661. The highest BCUT2D eigenvalue weighted by molar-refractivity contribution is 5.89. The summed E-state index contributed by atoms with van der Waals surface area (Å²) in [5, 5.41) is 0. The lowest BCUT2D eigenvalue weighted by molar-refractivity contribution is -0.114. The van der Waals surface area contributed by atoms with E-state index < -0.39 is 0 Å². The van der Waals surface area contributed by atoms with Crippen LogP contribution in [0, 0.1) is 0 Å². The summed E-state index contributed by atoms with van der Waals surface area (Å²) in [6.07, 6.45) is 8.85. The maximum Gasteiger partial charge on any atom is 0.155 e. The highest BCUT2D eigenvalue weighted by atomic mass is 16.1. The van der Waals surface area contributed by atoms with E-state index in [4.69, 9.17) is 0 Å². The van der Waals surface area contributed by atoms with Crippen LogP contribution in [0.2, 0.25) is 0 Å². The maximum atomic E-state index is 10.8. The van der Waals surface area contributed by atoms with Gasteiger partial charge in [-0.3, -0.25) is 4.79 Å². The Kier molecular flexibility index (Phi) is 5.74. The molecule has 0 amide bonds. The van der Waals surface area contributed by atoms with E-state index in [1.54, 1.807) is 12.2 Å². The molecule has 0 spiro atoms. The minimum absolute atomic E-state index is 0.209. The van der Waals surface area contributed by atoms with E-state index in [2.05, 4.69) is 0 Å². The van der Waals surface area contributed by atoms with E-state index in [1.807, 2.05) is 26.0 Å². The van der Waals surface area contributed by atoms with Crippen molar-refractivity contribution < 1.29 is 4.79 Å². The number of hydrogen-bond acceptors (Lipinski definition) is 1. The molecule has 0 radical (unpaired) electrons. The predicted molar refractivity (Wildman–Crippen MR) is 43.9 cm³/mol. The molecule has 0 aromatic rings. The van der Waals surface area contributed by atoms with E-state index in [9.17, 15) is 4.79 Å². The van der Waals surface area contributed by atoms with E-state index in [0.29, 0.717) is 6.42 Å². The molecule has 0 heterocycles. The van der Waals surface area contributed by atoms with Crippen LogP contribution in [0.1, 0.15) is 26.7 Å². The Labute approximate surface area is 62.4 Å². The van der Waals surface area contributed by atoms with Crippen molar-refractivity contribution >= 4 is 5.78 Å². The standard InChI is InChI=1S/C9H14O/c1-3-5-6-8-9(10)7-4-2/h3-5,7H,6,8H2,1-2H3. The van der Waals surface area contributed by atoms with Crippen molar-refractivity contribution in [3.8, 4) is 0 Å². The lowest BCUT2D eigenvalue weighted by atomic mass is 10.2. The molecule has 0 aromatic carbocycles. The molecule has 0 bridgehead atoms. The van der Waals surface area contributed by atoms with Gasteiger partial charge in [0.1, 0.15) is 0 Å². The van der Waals surface area contributed by atoms with Gasteiger partial charge in [0, 0.05) is 6.42 Å². The predicted octanol–water partition coefficient (Wildman–Crippen LogP) is 2.49. The second-order valence-electron chi connectivity index (χ2n) is 2.07. The van der Waals surface area contributed by atoms with Crippen molar-refractivity contribution in [3.05, 3.63) is 24.3 Å². The van der Waals surface area contributed by atoms with E-state index in [-0.39, 0.29) is 5.78 Å². The lowest BCUT2D eigenvalue weighted by Crippen LogP contribution is -1.89. The van der Waals surface area contributed by atoms with Gasteiger partial charge in [-0.1, -0.05) is 18.2 Å². The molecule has 0 saturated carbocycles. The first kappa shape index (κ1) is 9.15. The third-order valence-electron chi connectivity index (χ3n) is 1.15. The fourth-order valence-electron chi connectivity index (χ4n) is 0.661. The second-order valence-corrected chi connectivity index (χ2v) is 2.07. The van der Waals surface area contributed by atoms with Crippen LogP contribution >= 0.6 is 0 Å². The van der Waals surface area contributed by atoms with Gasteiger partial charge in [0.15, 0.2) is 5.78 Å². The van der Waals surface area contributed by atoms with Gasteiger partial charge in [-0.05, 0) is 26.3 Å². The van der Waals surface area contributed by atoms with Crippen molar-refractivity contribution in [2.24, 2.45) is 0 Å². The van der Waals surface area contributed by atoms with Gasteiger partial charge in [0.25, 0.3) is 0 Å². The SMILES string of the molecule is CC=CCCC(=O)C=CC. The first-order valence-corrected chi connectivity index (χ1v) is 3.58. The number of ketones is 1. The molecule has 0 aromatic heterocycles. The Morgan fingerprint density at radius 1 is 1.30 bits per heavy atom. The Hall–Kier alpha value is -0.850. The molecule has 56 valence electrons. The van der Waals surface area contributed by atoms with Gasteiger partial charge < -0.3 is 0 Å². The summed E-state index contributed by atoms with van der Waals surface area (Å²) in [5.74, 6) is 0.209. The van der Waals surface area contributed by atoms with Gasteiger partial charge in [0.2, 0.25) is 0 Å². The number of allylic oxidation sites excluding steroid dienone is 4. The molecule has 0 fully saturated rings. The number of carbonyl (C=O) groups is 1. The van der Waals surface area contributed by atoms with E-state index >= 15 is 0 Å². The Balaban J connectivity index is 3.40. The molecule has 0 saturated heterocycles. The van der Waals surface area contributed by atoms with Gasteiger partial charge in [-0.25, -0.2) is 0 Å². The third-order valence-corrected chi connectivity index (χ3v) is 1.15. The molecule has 0 aliphatic carbocycles. The zero-order valence-electron chi connectivity index (χ0n) is 6.63. The van der Waals surface area contributed by atoms with Crippen molar-refractivity contribution in [2.45, 2.75) is 26.7 Å². The highest BCUT2D eigenvalue weighted by Crippen LogP contribution is 1.93. The molecule has 0 atom stereocenters. The summed E-state index contributed by atoms with van der Waals surface area (Å²) < 4.78 is 0. The summed E-state index contributed by atoms with van der Waals surface area (Å²) in [6.45, 7) is 3.81. The normalized spacial score (nSPS) is 11.4. The minimum Gasteiger partial charge on any atom is -0.295 e. The smallest absolute Gasteiger partial charge is 0.155 e. The zero-order valence-corrected chi connectivity index (χ0v) is 6.63. The van der Waals surface area contributed by atoms with Gasteiger partial charge >= 0.3 is 0 Å². The lowest BCUT2D eigenvalue weighted by Gasteiger charge is -1.87. The van der Waals surface area contributed by atoms with Gasteiger partial charge in [-0.15, -0.1) is 0 Å². The van der Waals surface area contributed by atoms with Gasteiger partial charge in [-0.2, -0.15) is 0 Å². The average Bonchev–Trinajstić information content (AvgIpc) is 1.89. The van der Waals surface area contributed by atoms with Crippen LogP contribution in [0.3, 0.4) is 0 Å². The van der Waals surface area contributed by atoms with Crippen LogP contribution in [-0.4, -0.2) is 5.78 Å². The average molecular weight is 138 g/mol. The Morgan fingerprint density at radius 2 is 2.00 bits per heavy atom. The molecular formula is C9H14O. The van der Waals surface area contributed by atoms with Gasteiger partial charge in [0.05, 0.1) is 0 Å². The van der Waals surface area contributed by atoms with Crippen molar-refractivity contribution in [2.75, 3.05) is 0 Å². The largest absolute Gasteiger partial charge is 0.295 e. The van der Waals surface area contributed by atoms with Crippen molar-refractivity contribution in [3.63, 3.8) is 0 Å². The molecule has 1 heteroatoms. The highest BCUT2D eigenvalue weighted by Gasteiger charge is 1.90. The number of rotatable bonds is 4. The first-order chi connectivity index (χ1) is 4.81. The zero-order chi connectivity index (χ0) is 7.82. The topological polar surface area (TPSA) is 17.1 Å². The minimum atomic E-state index is 0.209. The Morgan fingerprint density at radius 3 is 2.50 bits per heavy atom. The van der Waals surface area contributed by atoms with Crippen LogP contribution in [0.25, 0.3) is 0 Å². The molecule has 10 heavy (non-hydrogen) atoms. The first-order valence-electron chi connectivity index (χ1n) is 3.58. The van der Waals surface area contributed by atoms with Crippen LogP contribution in [-0.2, 0) is 4.79 Å². The molecule has 1 nitrogen and oxygen atoms in total. The second kappa shape index (κ2) is 6.27. The maximum absolute atomic E-state index is 10.8. The van der Waals surface area contributed by atoms with Crippen LogP contribution in [0.4, 0.5) is 0 Å². The summed E-state index contributed by atoms with van der Waals surface area (Å²) in [4.78, 5) is 10.8. The molecule has 0 unspecified atom stereocenters. The summed E-state index contributed by atoms with van der Waals surface area (Å²) in [7, 11) is 0. The summed E-state index contributed by atoms with van der Waals surface area (Å²) in [5.41, 5.74) is 0. The van der Waals surface area contributed by atoms with Crippen molar-refractivity contribution in [1.29, 1.82) is 0 Å². The third kappa shape index (κ3) is 5.29. The Bertz CT molecular complexity index is 143. The number of hydrogen-bond donors (Lipinski definition) is 0. The molecule has 0 rings (SSSR count). The quantitative estimate of drug-likeness (QED) is 0.431. The molecular weight excluding hydrogens is 124 g/mol. The molecule has 0 N–H and O–H groups in total. The van der Waals surface area contributed by atoms with Crippen LogP contribution in [0.15, 0.2) is 24.3 Å². The number of carbonyl (C=O) groups excluding carboxylic acids is 1. The van der Waals surface area contributed by atoms with Crippen LogP contribution in [0.5, 0.6) is 0 Å². The fraction of sp³-hybridized carbons (Fsp3) is 0.444. The van der Waals surface area contributed by atoms with E-state index in [0.717, 1.165) is 6.42 Å². The van der Waals surface area contributed by atoms with Crippen molar-refractivity contribution in [1.82, 2.24) is 0 Å². The molecule has 0 aliphatic heterocycles. The monoisotopic (exact) mass is 138 g/mol.